The fourth-order valence-electron chi connectivity index (χ4n) is 2.26. The largest absolute Gasteiger partial charge is 0.508 e. The average molecular weight is 284 g/mol. The number of amides is 1. The number of hydrogen-bond acceptors (Lipinski definition) is 3. The highest BCUT2D eigenvalue weighted by Crippen LogP contribution is 2.24. The molecule has 0 aliphatic heterocycles. The molecule has 0 unspecified atom stereocenters. The zero-order chi connectivity index (χ0) is 15.4. The number of carbonyl (C=O) groups is 1. The van der Waals surface area contributed by atoms with Crippen LogP contribution in [0.1, 0.15) is 28.4 Å². The van der Waals surface area contributed by atoms with Crippen molar-refractivity contribution in [2.45, 2.75) is 20.4 Å². The highest BCUT2D eigenvalue weighted by molar-refractivity contribution is 6.07. The van der Waals surface area contributed by atoms with Crippen LogP contribution in [0.2, 0.25) is 0 Å². The lowest BCUT2D eigenvalue weighted by atomic mass is 10.1. The molecule has 0 heterocycles. The van der Waals surface area contributed by atoms with Gasteiger partial charge in [-0.1, -0.05) is 18.2 Å². The third-order valence-electron chi connectivity index (χ3n) is 3.58. The van der Waals surface area contributed by atoms with Gasteiger partial charge in [-0.05, 0) is 43.7 Å². The van der Waals surface area contributed by atoms with Crippen LogP contribution in [0.3, 0.4) is 0 Å². The van der Waals surface area contributed by atoms with E-state index < -0.39 is 0 Å². The van der Waals surface area contributed by atoms with Gasteiger partial charge in [-0.3, -0.25) is 4.79 Å². The second kappa shape index (κ2) is 6.41. The maximum absolute atomic E-state index is 12.7. The fourth-order valence-corrected chi connectivity index (χ4v) is 2.26. The summed E-state index contributed by atoms with van der Waals surface area (Å²) in [5.41, 5.74) is 8.54. The van der Waals surface area contributed by atoms with Crippen molar-refractivity contribution in [3.05, 3.63) is 59.2 Å². The predicted octanol–water partition coefficient (Wildman–Crippen LogP) is 2.83. The van der Waals surface area contributed by atoms with E-state index >= 15 is 0 Å². The topological polar surface area (TPSA) is 66.6 Å². The second-order valence-electron chi connectivity index (χ2n) is 4.87. The molecule has 0 aliphatic rings. The quantitative estimate of drug-likeness (QED) is 0.907. The molecule has 0 fully saturated rings. The van der Waals surface area contributed by atoms with Crippen molar-refractivity contribution in [3.8, 4) is 5.75 Å². The average Bonchev–Trinajstić information content (AvgIpc) is 2.51. The Morgan fingerprint density at radius 3 is 2.43 bits per heavy atom. The summed E-state index contributed by atoms with van der Waals surface area (Å²) in [6.45, 7) is 4.70. The zero-order valence-corrected chi connectivity index (χ0v) is 12.3. The smallest absolute Gasteiger partial charge is 0.258 e. The lowest BCUT2D eigenvalue weighted by molar-refractivity contribution is 0.0987. The summed E-state index contributed by atoms with van der Waals surface area (Å²) in [7, 11) is 0. The van der Waals surface area contributed by atoms with Crippen LogP contribution in [0.4, 0.5) is 5.69 Å². The number of carbonyl (C=O) groups excluding carboxylic acids is 1. The van der Waals surface area contributed by atoms with Crippen LogP contribution in [0.25, 0.3) is 0 Å². The van der Waals surface area contributed by atoms with Gasteiger partial charge >= 0.3 is 0 Å². The van der Waals surface area contributed by atoms with Crippen molar-refractivity contribution in [1.82, 2.24) is 0 Å². The molecular weight excluding hydrogens is 264 g/mol. The van der Waals surface area contributed by atoms with Crippen molar-refractivity contribution in [3.63, 3.8) is 0 Å². The van der Waals surface area contributed by atoms with Gasteiger partial charge < -0.3 is 15.7 Å². The minimum atomic E-state index is -0.119. The van der Waals surface area contributed by atoms with Gasteiger partial charge in [-0.15, -0.1) is 0 Å². The molecule has 110 valence electrons. The molecule has 21 heavy (non-hydrogen) atoms. The number of phenolic OH excluding ortho intramolecular Hbond substituents is 1. The van der Waals surface area contributed by atoms with Gasteiger partial charge in [0.25, 0.3) is 5.91 Å². The summed E-state index contributed by atoms with van der Waals surface area (Å²) in [5, 5.41) is 9.76. The van der Waals surface area contributed by atoms with Gasteiger partial charge in [0.05, 0.1) is 0 Å². The van der Waals surface area contributed by atoms with E-state index in [1.807, 2.05) is 31.2 Å². The molecule has 0 aromatic heterocycles. The Hall–Kier alpha value is -2.33. The standard InChI is InChI=1S/C17H20N2O2/c1-3-19(14-9-7-13(11-18)8-10-14)17(21)15-5-4-6-16(20)12(15)2/h4-10,20H,3,11,18H2,1-2H3. The Morgan fingerprint density at radius 1 is 1.19 bits per heavy atom. The van der Waals surface area contributed by atoms with Crippen molar-refractivity contribution < 1.29 is 9.90 Å². The lowest BCUT2D eigenvalue weighted by Gasteiger charge is -2.22. The highest BCUT2D eigenvalue weighted by atomic mass is 16.3. The normalized spacial score (nSPS) is 10.4. The fraction of sp³-hybridized carbons (Fsp3) is 0.235. The van der Waals surface area contributed by atoms with E-state index in [4.69, 9.17) is 5.73 Å². The number of aromatic hydroxyl groups is 1. The summed E-state index contributed by atoms with van der Waals surface area (Å²) in [4.78, 5) is 14.4. The van der Waals surface area contributed by atoms with Crippen LogP contribution >= 0.6 is 0 Å². The van der Waals surface area contributed by atoms with Crippen LogP contribution in [0, 0.1) is 6.92 Å². The van der Waals surface area contributed by atoms with Crippen molar-refractivity contribution in [1.29, 1.82) is 0 Å². The van der Waals surface area contributed by atoms with E-state index in [1.54, 1.807) is 30.0 Å². The number of nitrogens with zero attached hydrogens (tertiary/aromatic N) is 1. The van der Waals surface area contributed by atoms with E-state index in [1.165, 1.54) is 0 Å². The molecule has 4 nitrogen and oxygen atoms in total. The van der Waals surface area contributed by atoms with Crippen molar-refractivity contribution >= 4 is 11.6 Å². The number of phenols is 1. The summed E-state index contributed by atoms with van der Waals surface area (Å²) in [6.07, 6.45) is 0. The molecule has 0 aliphatic carbocycles. The minimum Gasteiger partial charge on any atom is -0.508 e. The molecule has 1 amide bonds. The molecule has 0 atom stereocenters. The van der Waals surface area contributed by atoms with E-state index in [0.29, 0.717) is 24.2 Å². The van der Waals surface area contributed by atoms with E-state index in [2.05, 4.69) is 0 Å². The van der Waals surface area contributed by atoms with Crippen molar-refractivity contribution in [2.24, 2.45) is 5.73 Å². The summed E-state index contributed by atoms with van der Waals surface area (Å²) >= 11 is 0. The van der Waals surface area contributed by atoms with Crippen LogP contribution < -0.4 is 10.6 Å². The predicted molar refractivity (Wildman–Crippen MR) is 84.5 cm³/mol. The lowest BCUT2D eigenvalue weighted by Crippen LogP contribution is -2.31. The Bertz CT molecular complexity index is 636. The Kier molecular flexibility index (Phi) is 4.60. The third kappa shape index (κ3) is 3.06. The Balaban J connectivity index is 2.35. The van der Waals surface area contributed by atoms with Crippen LogP contribution in [0.5, 0.6) is 5.75 Å². The molecule has 0 radical (unpaired) electrons. The van der Waals surface area contributed by atoms with Gasteiger partial charge in [-0.2, -0.15) is 0 Å². The second-order valence-corrected chi connectivity index (χ2v) is 4.87. The van der Waals surface area contributed by atoms with Gasteiger partial charge in [0.2, 0.25) is 0 Å². The molecule has 3 N–H and O–H groups in total. The molecule has 0 saturated carbocycles. The number of nitrogens with two attached hydrogens (primary N) is 1. The Morgan fingerprint density at radius 2 is 1.86 bits per heavy atom. The SMILES string of the molecule is CCN(C(=O)c1cccc(O)c1C)c1ccc(CN)cc1. The first-order chi connectivity index (χ1) is 10.1. The monoisotopic (exact) mass is 284 g/mol. The van der Waals surface area contributed by atoms with Crippen LogP contribution in [-0.2, 0) is 6.54 Å². The van der Waals surface area contributed by atoms with E-state index in [-0.39, 0.29) is 11.7 Å². The maximum Gasteiger partial charge on any atom is 0.258 e. The number of anilines is 1. The van der Waals surface area contributed by atoms with E-state index in [0.717, 1.165) is 11.3 Å². The first-order valence-corrected chi connectivity index (χ1v) is 6.98. The zero-order valence-electron chi connectivity index (χ0n) is 12.3. The number of benzene rings is 2. The van der Waals surface area contributed by atoms with Gasteiger partial charge in [0, 0.05) is 29.9 Å². The highest BCUT2D eigenvalue weighted by Gasteiger charge is 2.19. The van der Waals surface area contributed by atoms with Crippen molar-refractivity contribution in [2.75, 3.05) is 11.4 Å². The maximum atomic E-state index is 12.7. The molecule has 2 rings (SSSR count). The van der Waals surface area contributed by atoms with Gasteiger partial charge in [0.1, 0.15) is 5.75 Å². The summed E-state index contributed by atoms with van der Waals surface area (Å²) < 4.78 is 0. The van der Waals surface area contributed by atoms with E-state index in [9.17, 15) is 9.90 Å². The van der Waals surface area contributed by atoms with Gasteiger partial charge in [0.15, 0.2) is 0 Å². The number of hydrogen-bond donors (Lipinski definition) is 2. The molecule has 4 heteroatoms. The summed E-state index contributed by atoms with van der Waals surface area (Å²) in [5.74, 6) is 0.0155. The first-order valence-electron chi connectivity index (χ1n) is 6.98. The Labute approximate surface area is 124 Å². The number of rotatable bonds is 4. The first kappa shape index (κ1) is 15.1. The summed E-state index contributed by atoms with van der Waals surface area (Å²) in [6, 6.07) is 12.6. The molecule has 2 aromatic carbocycles. The van der Waals surface area contributed by atoms with Crippen LogP contribution in [0.15, 0.2) is 42.5 Å². The van der Waals surface area contributed by atoms with Crippen LogP contribution in [-0.4, -0.2) is 17.6 Å². The molecule has 0 saturated heterocycles. The van der Waals surface area contributed by atoms with Gasteiger partial charge in [-0.25, -0.2) is 0 Å². The molecular formula is C17H20N2O2. The minimum absolute atomic E-state index is 0.119. The molecule has 0 spiro atoms. The third-order valence-corrected chi connectivity index (χ3v) is 3.58. The molecule has 2 aromatic rings. The molecule has 0 bridgehead atoms.